The second-order valence-electron chi connectivity index (χ2n) is 5.55. The van der Waals surface area contributed by atoms with E-state index in [-0.39, 0.29) is 12.0 Å². The van der Waals surface area contributed by atoms with E-state index in [9.17, 15) is 4.79 Å². The molecule has 1 aromatic heterocycles. The van der Waals surface area contributed by atoms with Crippen molar-refractivity contribution in [2.45, 2.75) is 33.8 Å². The van der Waals surface area contributed by atoms with Gasteiger partial charge in [0.25, 0.3) is 5.91 Å². The third kappa shape index (κ3) is 4.44. The Bertz CT molecular complexity index is 667. The van der Waals surface area contributed by atoms with Crippen molar-refractivity contribution in [1.82, 2.24) is 14.9 Å². The highest BCUT2D eigenvalue weighted by atomic mass is 16.5. The first-order valence-corrected chi connectivity index (χ1v) is 8.19. The van der Waals surface area contributed by atoms with E-state index in [4.69, 9.17) is 4.74 Å². The molecule has 24 heavy (non-hydrogen) atoms. The number of rotatable bonds is 7. The SMILES string of the molecule is CCN(CC)C(=O)c1cnc(Nc2ccccc2OC(C)C)cn1. The Labute approximate surface area is 142 Å². The standard InChI is InChI=1S/C18H24N4O2/c1-5-22(6-2)18(23)15-11-20-17(12-19-15)21-14-9-7-8-10-16(14)24-13(3)4/h7-13H,5-6H2,1-4H3,(H,20,21). The summed E-state index contributed by atoms with van der Waals surface area (Å²) < 4.78 is 5.77. The lowest BCUT2D eigenvalue weighted by Crippen LogP contribution is -2.31. The van der Waals surface area contributed by atoms with Gasteiger partial charge in [-0.3, -0.25) is 4.79 Å². The van der Waals surface area contributed by atoms with Crippen molar-refractivity contribution in [2.75, 3.05) is 18.4 Å². The van der Waals surface area contributed by atoms with E-state index in [1.165, 1.54) is 6.20 Å². The summed E-state index contributed by atoms with van der Waals surface area (Å²) >= 11 is 0. The summed E-state index contributed by atoms with van der Waals surface area (Å²) in [6.45, 7) is 9.13. The van der Waals surface area contributed by atoms with Crippen LogP contribution in [0.4, 0.5) is 11.5 Å². The lowest BCUT2D eigenvalue weighted by atomic mass is 10.3. The van der Waals surface area contributed by atoms with Crippen LogP contribution in [0.5, 0.6) is 5.75 Å². The molecule has 0 fully saturated rings. The number of para-hydroxylation sites is 2. The topological polar surface area (TPSA) is 67.4 Å². The molecular formula is C18H24N4O2. The van der Waals surface area contributed by atoms with E-state index in [1.807, 2.05) is 52.0 Å². The second kappa shape index (κ2) is 8.29. The van der Waals surface area contributed by atoms with Crippen LogP contribution in [0.25, 0.3) is 0 Å². The van der Waals surface area contributed by atoms with Crippen LogP contribution >= 0.6 is 0 Å². The molecule has 0 saturated carbocycles. The van der Waals surface area contributed by atoms with Crippen molar-refractivity contribution < 1.29 is 9.53 Å². The number of aromatic nitrogens is 2. The predicted molar refractivity (Wildman–Crippen MR) is 94.8 cm³/mol. The summed E-state index contributed by atoms with van der Waals surface area (Å²) in [7, 11) is 0. The number of benzene rings is 1. The molecule has 1 aromatic carbocycles. The Morgan fingerprint density at radius 2 is 1.88 bits per heavy atom. The molecule has 0 bridgehead atoms. The van der Waals surface area contributed by atoms with Crippen molar-refractivity contribution in [1.29, 1.82) is 0 Å². The smallest absolute Gasteiger partial charge is 0.274 e. The minimum atomic E-state index is -0.109. The summed E-state index contributed by atoms with van der Waals surface area (Å²) in [5.74, 6) is 1.20. The molecule has 0 unspecified atom stereocenters. The van der Waals surface area contributed by atoms with E-state index >= 15 is 0 Å². The molecule has 0 atom stereocenters. The molecule has 2 aromatic rings. The van der Waals surface area contributed by atoms with Crippen molar-refractivity contribution in [3.63, 3.8) is 0 Å². The van der Waals surface area contributed by atoms with Crippen molar-refractivity contribution in [3.8, 4) is 5.75 Å². The van der Waals surface area contributed by atoms with Gasteiger partial charge >= 0.3 is 0 Å². The zero-order chi connectivity index (χ0) is 17.5. The van der Waals surface area contributed by atoms with E-state index in [0.29, 0.717) is 24.6 Å². The average molecular weight is 328 g/mol. The fourth-order valence-electron chi connectivity index (χ4n) is 2.24. The molecule has 6 heteroatoms. The van der Waals surface area contributed by atoms with Gasteiger partial charge in [-0.05, 0) is 39.8 Å². The maximum absolute atomic E-state index is 12.2. The summed E-state index contributed by atoms with van der Waals surface area (Å²) in [5.41, 5.74) is 1.15. The largest absolute Gasteiger partial charge is 0.489 e. The Balaban J connectivity index is 2.14. The molecular weight excluding hydrogens is 304 g/mol. The van der Waals surface area contributed by atoms with E-state index in [0.717, 1.165) is 11.4 Å². The maximum atomic E-state index is 12.2. The lowest BCUT2D eigenvalue weighted by molar-refractivity contribution is 0.0766. The normalized spacial score (nSPS) is 10.5. The molecule has 0 aliphatic rings. The van der Waals surface area contributed by atoms with Crippen LogP contribution in [-0.4, -0.2) is 40.0 Å². The number of amides is 1. The Kier molecular flexibility index (Phi) is 6.12. The third-order valence-corrected chi connectivity index (χ3v) is 3.43. The number of carbonyl (C=O) groups excluding carboxylic acids is 1. The van der Waals surface area contributed by atoms with Crippen molar-refractivity contribution in [3.05, 3.63) is 42.4 Å². The summed E-state index contributed by atoms with van der Waals surface area (Å²) in [4.78, 5) is 22.5. The third-order valence-electron chi connectivity index (χ3n) is 3.43. The van der Waals surface area contributed by atoms with Crippen LogP contribution in [0.1, 0.15) is 38.2 Å². The van der Waals surface area contributed by atoms with Crippen LogP contribution in [0, 0.1) is 0 Å². The molecule has 1 N–H and O–H groups in total. The zero-order valence-electron chi connectivity index (χ0n) is 14.6. The highest BCUT2D eigenvalue weighted by Crippen LogP contribution is 2.27. The van der Waals surface area contributed by atoms with Crippen LogP contribution in [0.3, 0.4) is 0 Å². The van der Waals surface area contributed by atoms with Crippen LogP contribution < -0.4 is 10.1 Å². The first kappa shape index (κ1) is 17.7. The number of ether oxygens (including phenoxy) is 1. The minimum Gasteiger partial charge on any atom is -0.489 e. The molecule has 1 heterocycles. The summed E-state index contributed by atoms with van der Waals surface area (Å²) in [6.07, 6.45) is 3.13. The number of hydrogen-bond acceptors (Lipinski definition) is 5. The number of hydrogen-bond donors (Lipinski definition) is 1. The van der Waals surface area contributed by atoms with Gasteiger partial charge in [0, 0.05) is 13.1 Å². The van der Waals surface area contributed by atoms with Gasteiger partial charge in [-0.2, -0.15) is 0 Å². The molecule has 6 nitrogen and oxygen atoms in total. The fourth-order valence-corrected chi connectivity index (χ4v) is 2.24. The molecule has 1 amide bonds. The van der Waals surface area contributed by atoms with Gasteiger partial charge < -0.3 is 15.0 Å². The lowest BCUT2D eigenvalue weighted by Gasteiger charge is -2.18. The fraction of sp³-hybridized carbons (Fsp3) is 0.389. The van der Waals surface area contributed by atoms with Gasteiger partial charge in [-0.25, -0.2) is 9.97 Å². The van der Waals surface area contributed by atoms with E-state index in [2.05, 4.69) is 15.3 Å². The van der Waals surface area contributed by atoms with Gasteiger partial charge in [0.2, 0.25) is 0 Å². The number of nitrogens with zero attached hydrogens (tertiary/aromatic N) is 3. The zero-order valence-corrected chi connectivity index (χ0v) is 14.6. The molecule has 0 radical (unpaired) electrons. The summed E-state index contributed by atoms with van der Waals surface area (Å²) in [5, 5.41) is 3.18. The number of nitrogens with one attached hydrogen (secondary N) is 1. The first-order valence-electron chi connectivity index (χ1n) is 8.19. The summed E-state index contributed by atoms with van der Waals surface area (Å²) in [6, 6.07) is 7.64. The van der Waals surface area contributed by atoms with Gasteiger partial charge in [-0.1, -0.05) is 12.1 Å². The Hall–Kier alpha value is -2.63. The quantitative estimate of drug-likeness (QED) is 0.842. The molecule has 0 aliphatic carbocycles. The predicted octanol–water partition coefficient (Wildman–Crippen LogP) is 3.49. The number of carbonyl (C=O) groups is 1. The Morgan fingerprint density at radius 3 is 2.46 bits per heavy atom. The Morgan fingerprint density at radius 1 is 1.17 bits per heavy atom. The molecule has 0 aliphatic heterocycles. The van der Waals surface area contributed by atoms with Gasteiger partial charge in [0.1, 0.15) is 17.3 Å². The van der Waals surface area contributed by atoms with Gasteiger partial charge in [-0.15, -0.1) is 0 Å². The van der Waals surface area contributed by atoms with Crippen LogP contribution in [-0.2, 0) is 0 Å². The molecule has 0 spiro atoms. The van der Waals surface area contributed by atoms with Gasteiger partial charge in [0.05, 0.1) is 24.2 Å². The highest BCUT2D eigenvalue weighted by Gasteiger charge is 2.14. The van der Waals surface area contributed by atoms with Crippen LogP contribution in [0.15, 0.2) is 36.7 Å². The first-order chi connectivity index (χ1) is 11.5. The minimum absolute atomic E-state index is 0.0769. The maximum Gasteiger partial charge on any atom is 0.274 e. The van der Waals surface area contributed by atoms with Gasteiger partial charge in [0.15, 0.2) is 0 Å². The van der Waals surface area contributed by atoms with E-state index < -0.39 is 0 Å². The van der Waals surface area contributed by atoms with E-state index in [1.54, 1.807) is 11.1 Å². The highest BCUT2D eigenvalue weighted by molar-refractivity contribution is 5.92. The second-order valence-corrected chi connectivity index (χ2v) is 5.55. The average Bonchev–Trinajstić information content (AvgIpc) is 2.58. The van der Waals surface area contributed by atoms with Crippen molar-refractivity contribution >= 4 is 17.4 Å². The van der Waals surface area contributed by atoms with Crippen molar-refractivity contribution in [2.24, 2.45) is 0 Å². The molecule has 128 valence electrons. The molecule has 0 saturated heterocycles. The monoisotopic (exact) mass is 328 g/mol. The van der Waals surface area contributed by atoms with Crippen LogP contribution in [0.2, 0.25) is 0 Å². The molecule has 2 rings (SSSR count). The number of anilines is 2.